The van der Waals surface area contributed by atoms with E-state index in [1.165, 1.54) is 11.0 Å². The number of carbonyl (C=O) groups is 5. The molecule has 6 atom stereocenters. The minimum Gasteiger partial charge on any atom is -0.444 e. The Morgan fingerprint density at radius 2 is 1.68 bits per heavy atom. The number of halogens is 1. The van der Waals surface area contributed by atoms with E-state index in [2.05, 4.69) is 20.9 Å². The summed E-state index contributed by atoms with van der Waals surface area (Å²) in [6.07, 6.45) is -0.126. The number of primary amides is 1. The van der Waals surface area contributed by atoms with E-state index in [-0.39, 0.29) is 56.7 Å². The van der Waals surface area contributed by atoms with Crippen molar-refractivity contribution in [1.82, 2.24) is 25.8 Å². The third kappa shape index (κ3) is 14.9. The summed E-state index contributed by atoms with van der Waals surface area (Å²) in [7, 11) is 0. The number of aliphatic hydroxyl groups is 1. The number of aliphatic hydroxyl groups excluding tert-OH is 1. The van der Waals surface area contributed by atoms with Crippen LogP contribution in [-0.2, 0) is 41.7 Å². The van der Waals surface area contributed by atoms with Gasteiger partial charge in [-0.25, -0.2) is 14.2 Å². The van der Waals surface area contributed by atoms with Gasteiger partial charge in [0.1, 0.15) is 23.5 Å². The molecule has 0 spiro atoms. The number of benzene rings is 2. The van der Waals surface area contributed by atoms with Gasteiger partial charge in [-0.2, -0.15) is 0 Å². The average Bonchev–Trinajstić information content (AvgIpc) is 3.80. The van der Waals surface area contributed by atoms with Crippen molar-refractivity contribution in [2.75, 3.05) is 6.54 Å². The summed E-state index contributed by atoms with van der Waals surface area (Å²) < 4.78 is 26.4. The summed E-state index contributed by atoms with van der Waals surface area (Å²) in [5, 5.41) is 19.3. The first-order valence-electron chi connectivity index (χ1n) is 21.3. The molecule has 4 rings (SSSR count). The quantitative estimate of drug-likeness (QED) is 0.0845. The topological polar surface area (TPSA) is 202 Å². The molecule has 1 fully saturated rings. The zero-order chi connectivity index (χ0) is 45.9. The predicted molar refractivity (Wildman–Crippen MR) is 236 cm³/mol. The normalized spacial score (nSPS) is 17.4. The number of alkyl carbamates (subject to hydrolysis) is 1. The number of β-amino-alcohol motifs (C(OH)–C–C–N with tert-alkyl or cyclic N) is 1. The molecule has 1 aliphatic rings. The van der Waals surface area contributed by atoms with E-state index in [9.17, 15) is 29.1 Å². The SMILES string of the molecule is Cc1ncsc1-c1ccc([C@H](C)NC(=O)[C@@H]2C[C@@H](O)CN2C(=O)C(NC(=O)CCCCc2ccc(CO[C@H](C)C(CCC(N)=O)NC(=O)OC(C)(C)C)c(F)c2)C(C)(C)C)cc1. The highest BCUT2D eigenvalue weighted by Gasteiger charge is 2.44. The Morgan fingerprint density at radius 3 is 2.27 bits per heavy atom. The molecule has 3 aromatic rings. The Kier molecular flexibility index (Phi) is 17.6. The molecule has 1 aliphatic heterocycles. The van der Waals surface area contributed by atoms with Gasteiger partial charge in [0, 0.05) is 31.4 Å². The van der Waals surface area contributed by atoms with E-state index >= 15 is 4.39 Å². The molecule has 1 saturated heterocycles. The van der Waals surface area contributed by atoms with Crippen molar-refractivity contribution in [3.05, 3.63) is 76.2 Å². The molecule has 6 N–H and O–H groups in total. The van der Waals surface area contributed by atoms with Crippen LogP contribution >= 0.6 is 11.3 Å². The van der Waals surface area contributed by atoms with Crippen LogP contribution in [0.2, 0.25) is 0 Å². The fourth-order valence-electron chi connectivity index (χ4n) is 7.24. The molecule has 2 aromatic carbocycles. The van der Waals surface area contributed by atoms with Gasteiger partial charge in [0.15, 0.2) is 0 Å². The summed E-state index contributed by atoms with van der Waals surface area (Å²) in [5.74, 6) is -2.13. The first kappa shape index (κ1) is 49.7. The number of ether oxygens (including phenoxy) is 2. The van der Waals surface area contributed by atoms with Gasteiger partial charge in [-0.1, -0.05) is 57.2 Å². The third-order valence-electron chi connectivity index (χ3n) is 10.8. The van der Waals surface area contributed by atoms with E-state index in [1.54, 1.807) is 56.7 Å². The number of hydrogen-bond acceptors (Lipinski definition) is 10. The molecule has 1 aromatic heterocycles. The van der Waals surface area contributed by atoms with Crippen LogP contribution in [0.25, 0.3) is 10.4 Å². The van der Waals surface area contributed by atoms with Crippen LogP contribution in [0, 0.1) is 18.2 Å². The number of amides is 5. The number of likely N-dealkylation sites (tertiary alicyclic amines) is 1. The molecule has 16 heteroatoms. The Balaban J connectivity index is 1.27. The fourth-order valence-corrected chi connectivity index (χ4v) is 8.06. The number of aryl methyl sites for hydroxylation is 2. The minimum atomic E-state index is -0.950. The highest BCUT2D eigenvalue weighted by atomic mass is 32.1. The zero-order valence-electron chi connectivity index (χ0n) is 37.5. The van der Waals surface area contributed by atoms with Crippen LogP contribution in [0.5, 0.6) is 0 Å². The maximum Gasteiger partial charge on any atom is 0.407 e. The Labute approximate surface area is 368 Å². The monoisotopic (exact) mass is 880 g/mol. The number of unbranched alkanes of at least 4 members (excludes halogenated alkanes) is 1. The van der Waals surface area contributed by atoms with Crippen molar-refractivity contribution in [3.8, 4) is 10.4 Å². The molecule has 0 saturated carbocycles. The van der Waals surface area contributed by atoms with Gasteiger partial charge in [0.2, 0.25) is 23.6 Å². The van der Waals surface area contributed by atoms with E-state index < -0.39 is 65.1 Å². The number of thiazole rings is 1. The van der Waals surface area contributed by atoms with E-state index in [4.69, 9.17) is 15.2 Å². The number of nitrogens with zero attached hydrogens (tertiary/aromatic N) is 2. The maximum atomic E-state index is 15.2. The van der Waals surface area contributed by atoms with Crippen LogP contribution in [0.1, 0.15) is 122 Å². The molecular formula is C46H65FN6O8S. The minimum absolute atomic E-state index is 0.0183. The Morgan fingerprint density at radius 1 is 0.984 bits per heavy atom. The van der Waals surface area contributed by atoms with Crippen molar-refractivity contribution in [2.24, 2.45) is 11.1 Å². The number of aromatic nitrogens is 1. The van der Waals surface area contributed by atoms with Crippen molar-refractivity contribution >= 4 is 41.1 Å². The number of rotatable bonds is 19. The van der Waals surface area contributed by atoms with Crippen LogP contribution in [-0.4, -0.2) is 87.2 Å². The molecule has 0 bridgehead atoms. The fraction of sp³-hybridized carbons (Fsp3) is 0.565. The van der Waals surface area contributed by atoms with Crippen molar-refractivity contribution < 1.29 is 42.9 Å². The lowest BCUT2D eigenvalue weighted by atomic mass is 9.85. The van der Waals surface area contributed by atoms with E-state index in [0.717, 1.165) is 27.3 Å². The van der Waals surface area contributed by atoms with E-state index in [0.29, 0.717) is 24.8 Å². The van der Waals surface area contributed by atoms with Gasteiger partial charge in [0.05, 0.1) is 47.0 Å². The van der Waals surface area contributed by atoms with Gasteiger partial charge < -0.3 is 41.2 Å². The molecule has 14 nitrogen and oxygen atoms in total. The number of hydrogen-bond donors (Lipinski definition) is 5. The molecule has 5 amide bonds. The standard InChI is InChI=1S/C46H65FN6O8S/c1-27(31-16-18-32(19-17-31)40-28(2)49-26-62-40)50-42(57)37-23-34(54)24-53(37)43(58)41(45(4,5)6)52-39(56)13-11-10-12-30-14-15-33(35(47)22-30)25-60-29(3)36(20-21-38(48)55)51-44(59)61-46(7,8)9/h14-19,22,26-27,29,34,36-37,41,54H,10-13,20-21,23-25H2,1-9H3,(H2,48,55)(H,50,57)(H,51,59)(H,52,56)/t27-,29+,34+,36?,37-,41?/m0/s1. The number of nitrogens with two attached hydrogens (primary N) is 1. The second kappa shape index (κ2) is 21.9. The molecule has 340 valence electrons. The molecule has 0 aliphatic carbocycles. The first-order valence-corrected chi connectivity index (χ1v) is 22.2. The third-order valence-corrected chi connectivity index (χ3v) is 11.7. The lowest BCUT2D eigenvalue weighted by Gasteiger charge is -2.35. The lowest BCUT2D eigenvalue weighted by Crippen LogP contribution is -2.57. The smallest absolute Gasteiger partial charge is 0.407 e. The summed E-state index contributed by atoms with van der Waals surface area (Å²) in [6.45, 7) is 16.2. The largest absolute Gasteiger partial charge is 0.444 e. The lowest BCUT2D eigenvalue weighted by molar-refractivity contribution is -0.144. The summed E-state index contributed by atoms with van der Waals surface area (Å²) in [5.41, 5.74) is 9.64. The van der Waals surface area contributed by atoms with Crippen molar-refractivity contribution in [1.29, 1.82) is 0 Å². The van der Waals surface area contributed by atoms with Gasteiger partial charge in [-0.15, -0.1) is 11.3 Å². The van der Waals surface area contributed by atoms with Gasteiger partial charge in [-0.3, -0.25) is 19.2 Å². The van der Waals surface area contributed by atoms with Gasteiger partial charge in [0.25, 0.3) is 0 Å². The molecule has 2 heterocycles. The summed E-state index contributed by atoms with van der Waals surface area (Å²) in [6, 6.07) is 9.93. The van der Waals surface area contributed by atoms with Crippen molar-refractivity contribution in [3.63, 3.8) is 0 Å². The van der Waals surface area contributed by atoms with Crippen LogP contribution < -0.4 is 21.7 Å². The predicted octanol–water partition coefficient (Wildman–Crippen LogP) is 6.40. The Bertz CT molecular complexity index is 2010. The van der Waals surface area contributed by atoms with E-state index in [1.807, 2.05) is 58.9 Å². The summed E-state index contributed by atoms with van der Waals surface area (Å²) in [4.78, 5) is 71.6. The van der Waals surface area contributed by atoms with Gasteiger partial charge in [-0.05, 0) is 95.4 Å². The van der Waals surface area contributed by atoms with Crippen molar-refractivity contribution in [2.45, 2.75) is 156 Å². The highest BCUT2D eigenvalue weighted by Crippen LogP contribution is 2.30. The van der Waals surface area contributed by atoms with Gasteiger partial charge >= 0.3 is 6.09 Å². The first-order chi connectivity index (χ1) is 29.0. The van der Waals surface area contributed by atoms with Crippen LogP contribution in [0.4, 0.5) is 9.18 Å². The van der Waals surface area contributed by atoms with Crippen LogP contribution in [0.15, 0.2) is 48.0 Å². The highest BCUT2D eigenvalue weighted by molar-refractivity contribution is 7.13. The molecular weight excluding hydrogens is 816 g/mol. The molecule has 2 unspecified atom stereocenters. The number of carbonyl (C=O) groups excluding carboxylic acids is 5. The zero-order valence-corrected chi connectivity index (χ0v) is 38.3. The molecule has 62 heavy (non-hydrogen) atoms. The van der Waals surface area contributed by atoms with Crippen LogP contribution in [0.3, 0.4) is 0 Å². The maximum absolute atomic E-state index is 15.2. The second-order valence-corrected chi connectivity index (χ2v) is 19.1. The average molecular weight is 881 g/mol. The molecule has 0 radical (unpaired) electrons. The second-order valence-electron chi connectivity index (χ2n) is 18.3. The summed E-state index contributed by atoms with van der Waals surface area (Å²) >= 11 is 1.56. The number of nitrogens with one attached hydrogen (secondary N) is 3. The Hall–Kier alpha value is -4.93.